The van der Waals surface area contributed by atoms with Crippen molar-refractivity contribution < 1.29 is 4.79 Å². The number of carbonyl (C=O) groups is 1. The molecule has 2 N–H and O–H groups in total. The molecule has 128 valence electrons. The molecule has 0 fully saturated rings. The molecule has 4 nitrogen and oxygen atoms in total. The van der Waals surface area contributed by atoms with E-state index in [0.29, 0.717) is 30.3 Å². The molecule has 0 atom stereocenters. The van der Waals surface area contributed by atoms with Crippen LogP contribution in [0.2, 0.25) is 0 Å². The summed E-state index contributed by atoms with van der Waals surface area (Å²) < 4.78 is 0. The molecule has 25 heavy (non-hydrogen) atoms. The first kappa shape index (κ1) is 17.0. The maximum atomic E-state index is 12.6. The van der Waals surface area contributed by atoms with Crippen LogP contribution >= 0.6 is 0 Å². The van der Waals surface area contributed by atoms with Crippen molar-refractivity contribution in [2.75, 3.05) is 6.54 Å². The summed E-state index contributed by atoms with van der Waals surface area (Å²) in [5, 5.41) is 3.60. The summed E-state index contributed by atoms with van der Waals surface area (Å²) in [6.45, 7) is 2.49. The monoisotopic (exact) mass is 334 g/mol. The number of amides is 1. The SMILES string of the molecule is Cc1[nH]c2ccccc2c(=O)c1CCC(=O)NCCc1ccccc1. The summed E-state index contributed by atoms with van der Waals surface area (Å²) in [6, 6.07) is 17.5. The van der Waals surface area contributed by atoms with Gasteiger partial charge in [0.2, 0.25) is 5.91 Å². The average Bonchev–Trinajstić information content (AvgIpc) is 2.62. The number of aromatic amines is 1. The number of pyridine rings is 1. The first-order chi connectivity index (χ1) is 12.1. The fourth-order valence-corrected chi connectivity index (χ4v) is 3.02. The molecular formula is C21H22N2O2. The van der Waals surface area contributed by atoms with Gasteiger partial charge in [-0.25, -0.2) is 0 Å². The molecule has 1 amide bonds. The number of fused-ring (bicyclic) bond motifs is 1. The van der Waals surface area contributed by atoms with Gasteiger partial charge in [-0.2, -0.15) is 0 Å². The Balaban J connectivity index is 1.59. The number of rotatable bonds is 6. The zero-order valence-electron chi connectivity index (χ0n) is 14.3. The molecule has 0 radical (unpaired) electrons. The van der Waals surface area contributed by atoms with Crippen molar-refractivity contribution >= 4 is 16.8 Å². The van der Waals surface area contributed by atoms with Gasteiger partial charge in [-0.1, -0.05) is 42.5 Å². The molecule has 0 bridgehead atoms. The second-order valence-corrected chi connectivity index (χ2v) is 6.19. The highest BCUT2D eigenvalue weighted by Crippen LogP contribution is 2.12. The van der Waals surface area contributed by atoms with Crippen LogP contribution in [0.4, 0.5) is 0 Å². The maximum absolute atomic E-state index is 12.6. The molecule has 0 unspecified atom stereocenters. The van der Waals surface area contributed by atoms with Crippen molar-refractivity contribution in [3.05, 3.63) is 81.6 Å². The minimum atomic E-state index is -0.0251. The van der Waals surface area contributed by atoms with Gasteiger partial charge in [0.05, 0.1) is 0 Å². The molecule has 4 heteroatoms. The standard InChI is InChI=1S/C21H22N2O2/c1-15-17(21(25)18-9-5-6-10-19(18)23-15)11-12-20(24)22-14-13-16-7-3-2-4-8-16/h2-10H,11-14H2,1H3,(H,22,24)(H,23,25). The van der Waals surface area contributed by atoms with Gasteiger partial charge in [0.15, 0.2) is 5.43 Å². The van der Waals surface area contributed by atoms with Crippen LogP contribution in [0, 0.1) is 6.92 Å². The van der Waals surface area contributed by atoms with Crippen molar-refractivity contribution in [3.63, 3.8) is 0 Å². The third kappa shape index (κ3) is 4.15. The van der Waals surface area contributed by atoms with Gasteiger partial charge in [-0.3, -0.25) is 9.59 Å². The largest absolute Gasteiger partial charge is 0.358 e. The van der Waals surface area contributed by atoms with E-state index >= 15 is 0 Å². The van der Waals surface area contributed by atoms with E-state index in [1.807, 2.05) is 61.5 Å². The van der Waals surface area contributed by atoms with Crippen LogP contribution in [-0.4, -0.2) is 17.4 Å². The third-order valence-corrected chi connectivity index (χ3v) is 4.40. The predicted molar refractivity (Wildman–Crippen MR) is 101 cm³/mol. The Morgan fingerprint density at radius 2 is 1.72 bits per heavy atom. The number of carbonyl (C=O) groups excluding carboxylic acids is 1. The van der Waals surface area contributed by atoms with Crippen molar-refractivity contribution in [2.45, 2.75) is 26.2 Å². The number of nitrogens with one attached hydrogen (secondary N) is 2. The van der Waals surface area contributed by atoms with E-state index in [1.54, 1.807) is 0 Å². The van der Waals surface area contributed by atoms with Gasteiger partial charge < -0.3 is 10.3 Å². The van der Waals surface area contributed by atoms with Gasteiger partial charge in [-0.15, -0.1) is 0 Å². The second kappa shape index (κ2) is 7.79. The molecule has 0 aliphatic heterocycles. The summed E-state index contributed by atoms with van der Waals surface area (Å²) in [7, 11) is 0. The Morgan fingerprint density at radius 1 is 1.00 bits per heavy atom. The minimum absolute atomic E-state index is 0.0175. The number of aromatic nitrogens is 1. The Labute approximate surface area is 146 Å². The molecule has 0 saturated heterocycles. The molecule has 3 aromatic rings. The van der Waals surface area contributed by atoms with Gasteiger partial charge in [0.1, 0.15) is 0 Å². The first-order valence-electron chi connectivity index (χ1n) is 8.56. The van der Waals surface area contributed by atoms with E-state index < -0.39 is 0 Å². The van der Waals surface area contributed by atoms with Crippen LogP contribution < -0.4 is 10.7 Å². The highest BCUT2D eigenvalue weighted by molar-refractivity contribution is 5.80. The molecule has 0 aliphatic carbocycles. The highest BCUT2D eigenvalue weighted by atomic mass is 16.1. The summed E-state index contributed by atoms with van der Waals surface area (Å²) in [4.78, 5) is 27.9. The van der Waals surface area contributed by atoms with E-state index in [2.05, 4.69) is 10.3 Å². The normalized spacial score (nSPS) is 10.8. The lowest BCUT2D eigenvalue weighted by Crippen LogP contribution is -2.26. The topological polar surface area (TPSA) is 62.0 Å². The molecule has 3 rings (SSSR count). The van der Waals surface area contributed by atoms with Crippen LogP contribution in [0.5, 0.6) is 0 Å². The molecular weight excluding hydrogens is 312 g/mol. The third-order valence-electron chi connectivity index (χ3n) is 4.40. The Hall–Kier alpha value is -2.88. The van der Waals surface area contributed by atoms with Crippen LogP contribution in [0.15, 0.2) is 59.4 Å². The van der Waals surface area contributed by atoms with Crippen LogP contribution in [0.1, 0.15) is 23.2 Å². The summed E-state index contributed by atoms with van der Waals surface area (Å²) >= 11 is 0. The summed E-state index contributed by atoms with van der Waals surface area (Å²) in [5.74, 6) is -0.0251. The van der Waals surface area contributed by atoms with Gasteiger partial charge in [0, 0.05) is 35.1 Å². The zero-order chi connectivity index (χ0) is 17.6. The lowest BCUT2D eigenvalue weighted by atomic mass is 10.0. The van der Waals surface area contributed by atoms with Crippen molar-refractivity contribution in [1.29, 1.82) is 0 Å². The van der Waals surface area contributed by atoms with E-state index in [-0.39, 0.29) is 11.3 Å². The lowest BCUT2D eigenvalue weighted by molar-refractivity contribution is -0.121. The predicted octanol–water partition coefficient (Wildman–Crippen LogP) is 3.13. The smallest absolute Gasteiger partial charge is 0.220 e. The van der Waals surface area contributed by atoms with Gasteiger partial charge >= 0.3 is 0 Å². The maximum Gasteiger partial charge on any atom is 0.220 e. The summed E-state index contributed by atoms with van der Waals surface area (Å²) in [5.41, 5.74) is 3.58. The highest BCUT2D eigenvalue weighted by Gasteiger charge is 2.11. The fraction of sp³-hybridized carbons (Fsp3) is 0.238. The van der Waals surface area contributed by atoms with Gasteiger partial charge in [-0.05, 0) is 37.5 Å². The number of hydrogen-bond acceptors (Lipinski definition) is 2. The van der Waals surface area contributed by atoms with E-state index in [0.717, 1.165) is 17.6 Å². The lowest BCUT2D eigenvalue weighted by Gasteiger charge is -2.09. The number of benzene rings is 2. The minimum Gasteiger partial charge on any atom is -0.358 e. The van der Waals surface area contributed by atoms with Crippen molar-refractivity contribution in [1.82, 2.24) is 10.3 Å². The quantitative estimate of drug-likeness (QED) is 0.727. The van der Waals surface area contributed by atoms with Crippen molar-refractivity contribution in [2.24, 2.45) is 0 Å². The number of H-pyrrole nitrogens is 1. The zero-order valence-corrected chi connectivity index (χ0v) is 14.3. The van der Waals surface area contributed by atoms with Crippen LogP contribution in [-0.2, 0) is 17.6 Å². The van der Waals surface area contributed by atoms with Crippen LogP contribution in [0.3, 0.4) is 0 Å². The van der Waals surface area contributed by atoms with Crippen LogP contribution in [0.25, 0.3) is 10.9 Å². The van der Waals surface area contributed by atoms with E-state index in [1.165, 1.54) is 5.56 Å². The fourth-order valence-electron chi connectivity index (χ4n) is 3.02. The second-order valence-electron chi connectivity index (χ2n) is 6.19. The van der Waals surface area contributed by atoms with Crippen molar-refractivity contribution in [3.8, 4) is 0 Å². The first-order valence-corrected chi connectivity index (χ1v) is 8.56. The number of para-hydroxylation sites is 1. The molecule has 0 spiro atoms. The molecule has 0 saturated carbocycles. The number of aryl methyl sites for hydroxylation is 1. The molecule has 1 aromatic heterocycles. The average molecular weight is 334 g/mol. The van der Waals surface area contributed by atoms with E-state index in [9.17, 15) is 9.59 Å². The Bertz CT molecular complexity index is 930. The number of hydrogen-bond donors (Lipinski definition) is 2. The molecule has 1 heterocycles. The Kier molecular flexibility index (Phi) is 5.29. The van der Waals surface area contributed by atoms with Gasteiger partial charge in [0.25, 0.3) is 0 Å². The molecule has 0 aliphatic rings. The Morgan fingerprint density at radius 3 is 2.52 bits per heavy atom. The van der Waals surface area contributed by atoms with E-state index in [4.69, 9.17) is 0 Å². The summed E-state index contributed by atoms with van der Waals surface area (Å²) in [6.07, 6.45) is 1.57. The molecule has 2 aromatic carbocycles.